The molecule has 8 heteroatoms. The number of rotatable bonds is 13. The summed E-state index contributed by atoms with van der Waals surface area (Å²) in [4.78, 5) is 18.5. The maximum absolute atomic E-state index is 11.7. The van der Waals surface area contributed by atoms with Crippen molar-refractivity contribution in [1.82, 2.24) is 20.9 Å². The number of halogens is 1. The van der Waals surface area contributed by atoms with Gasteiger partial charge in [-0.25, -0.2) is 4.99 Å². The lowest BCUT2D eigenvalue weighted by molar-refractivity contribution is -0.119. The largest absolute Gasteiger partial charge is 0.383 e. The zero-order chi connectivity index (χ0) is 18.2. The molecule has 0 bridgehead atoms. The van der Waals surface area contributed by atoms with Crippen molar-refractivity contribution < 1.29 is 9.53 Å². The van der Waals surface area contributed by atoms with Gasteiger partial charge in [-0.1, -0.05) is 13.8 Å². The summed E-state index contributed by atoms with van der Waals surface area (Å²) in [6.07, 6.45) is 2.22. The number of amides is 1. The Morgan fingerprint density at radius 2 is 1.88 bits per heavy atom. The summed E-state index contributed by atoms with van der Waals surface area (Å²) in [7, 11) is 1.61. The van der Waals surface area contributed by atoms with Crippen molar-refractivity contribution >= 4 is 35.8 Å². The molecule has 0 aliphatic heterocycles. The van der Waals surface area contributed by atoms with Crippen molar-refractivity contribution in [3.63, 3.8) is 0 Å². The van der Waals surface area contributed by atoms with E-state index in [1.165, 1.54) is 0 Å². The third kappa shape index (κ3) is 15.4. The highest BCUT2D eigenvalue weighted by molar-refractivity contribution is 14.0. The van der Waals surface area contributed by atoms with Gasteiger partial charge in [0.15, 0.2) is 5.96 Å². The van der Waals surface area contributed by atoms with E-state index >= 15 is 0 Å². The summed E-state index contributed by atoms with van der Waals surface area (Å²) in [5.41, 5.74) is 0. The van der Waals surface area contributed by atoms with Crippen molar-refractivity contribution in [3.8, 4) is 0 Å². The Morgan fingerprint density at radius 1 is 1.20 bits per heavy atom. The van der Waals surface area contributed by atoms with E-state index in [-0.39, 0.29) is 36.4 Å². The van der Waals surface area contributed by atoms with Gasteiger partial charge in [0.05, 0.1) is 6.61 Å². The summed E-state index contributed by atoms with van der Waals surface area (Å²) in [6, 6.07) is 0.315. The number of hydrogen-bond donors (Lipinski definition) is 3. The molecule has 3 N–H and O–H groups in total. The van der Waals surface area contributed by atoms with E-state index < -0.39 is 0 Å². The molecule has 0 rings (SSSR count). The number of carbonyl (C=O) groups excluding carboxylic acids is 1. The molecule has 0 aromatic rings. The molecule has 0 spiro atoms. The number of nitrogens with zero attached hydrogens (tertiary/aromatic N) is 2. The predicted octanol–water partition coefficient (Wildman–Crippen LogP) is 1.43. The van der Waals surface area contributed by atoms with Crippen LogP contribution in [0.15, 0.2) is 4.99 Å². The minimum absolute atomic E-state index is 0. The maximum Gasteiger partial charge on any atom is 0.241 e. The highest BCUT2D eigenvalue weighted by atomic mass is 127. The third-order valence-corrected chi connectivity index (χ3v) is 3.74. The van der Waals surface area contributed by atoms with Gasteiger partial charge in [-0.3, -0.25) is 4.79 Å². The summed E-state index contributed by atoms with van der Waals surface area (Å²) < 4.78 is 4.90. The summed E-state index contributed by atoms with van der Waals surface area (Å²) in [5.74, 6) is 0.591. The molecule has 1 amide bonds. The number of guanidine groups is 1. The Morgan fingerprint density at radius 3 is 2.44 bits per heavy atom. The molecule has 0 saturated carbocycles. The van der Waals surface area contributed by atoms with E-state index in [0.717, 1.165) is 39.0 Å². The van der Waals surface area contributed by atoms with Crippen LogP contribution in [0.25, 0.3) is 0 Å². The Hall–Kier alpha value is -0.610. The van der Waals surface area contributed by atoms with Crippen molar-refractivity contribution in [2.45, 2.75) is 46.6 Å². The Labute approximate surface area is 170 Å². The molecule has 150 valence electrons. The van der Waals surface area contributed by atoms with Gasteiger partial charge in [-0.15, -0.1) is 24.0 Å². The summed E-state index contributed by atoms with van der Waals surface area (Å²) in [5, 5.41) is 9.31. The Balaban J connectivity index is 0. The second-order valence-corrected chi connectivity index (χ2v) is 5.75. The van der Waals surface area contributed by atoms with Gasteiger partial charge in [-0.2, -0.15) is 0 Å². The van der Waals surface area contributed by atoms with Gasteiger partial charge in [0, 0.05) is 26.2 Å². The smallest absolute Gasteiger partial charge is 0.241 e. The van der Waals surface area contributed by atoms with Gasteiger partial charge >= 0.3 is 0 Å². The van der Waals surface area contributed by atoms with E-state index in [2.05, 4.69) is 46.6 Å². The maximum atomic E-state index is 11.7. The van der Waals surface area contributed by atoms with Gasteiger partial charge in [0.2, 0.25) is 5.91 Å². The molecule has 1 unspecified atom stereocenters. The first kappa shape index (κ1) is 26.6. The number of hydrogen-bond acceptors (Lipinski definition) is 4. The van der Waals surface area contributed by atoms with E-state index in [9.17, 15) is 4.79 Å². The number of ether oxygens (including phenoxy) is 1. The van der Waals surface area contributed by atoms with E-state index in [1.54, 1.807) is 7.11 Å². The van der Waals surface area contributed by atoms with Gasteiger partial charge in [-0.05, 0) is 46.3 Å². The van der Waals surface area contributed by atoms with Crippen LogP contribution in [0.3, 0.4) is 0 Å². The van der Waals surface area contributed by atoms with Crippen LogP contribution in [-0.2, 0) is 9.53 Å². The van der Waals surface area contributed by atoms with Crippen LogP contribution in [0.1, 0.15) is 40.5 Å². The number of methoxy groups -OCH3 is 1. The Kier molecular flexibility index (Phi) is 19.4. The first-order chi connectivity index (χ1) is 11.6. The monoisotopic (exact) mass is 471 g/mol. The van der Waals surface area contributed by atoms with Gasteiger partial charge in [0.25, 0.3) is 0 Å². The first-order valence-corrected chi connectivity index (χ1v) is 9.10. The topological polar surface area (TPSA) is 78.0 Å². The zero-order valence-corrected chi connectivity index (χ0v) is 18.9. The molecule has 0 aliphatic rings. The fourth-order valence-electron chi connectivity index (χ4n) is 2.29. The van der Waals surface area contributed by atoms with E-state index in [4.69, 9.17) is 4.74 Å². The Bertz CT molecular complexity index is 352. The molecular weight excluding hydrogens is 433 g/mol. The van der Waals surface area contributed by atoms with E-state index in [0.29, 0.717) is 25.2 Å². The van der Waals surface area contributed by atoms with Crippen LogP contribution in [0, 0.1) is 0 Å². The molecule has 0 fully saturated rings. The second-order valence-electron chi connectivity index (χ2n) is 5.75. The lowest BCUT2D eigenvalue weighted by Crippen LogP contribution is -2.43. The molecule has 0 aromatic heterocycles. The van der Waals surface area contributed by atoms with Gasteiger partial charge in [0.1, 0.15) is 6.54 Å². The SMILES string of the molecule is CCNC(=NCC(=O)NCCOC)NC(C)CCCN(CC)CC.I. The van der Waals surface area contributed by atoms with Crippen molar-refractivity contribution in [2.24, 2.45) is 4.99 Å². The molecule has 1 atom stereocenters. The molecule has 25 heavy (non-hydrogen) atoms. The summed E-state index contributed by atoms with van der Waals surface area (Å²) >= 11 is 0. The minimum Gasteiger partial charge on any atom is -0.383 e. The molecule has 0 aliphatic carbocycles. The average molecular weight is 471 g/mol. The molecule has 7 nitrogen and oxygen atoms in total. The van der Waals surface area contributed by atoms with Gasteiger partial charge < -0.3 is 25.6 Å². The lowest BCUT2D eigenvalue weighted by Gasteiger charge is -2.21. The van der Waals surface area contributed by atoms with Crippen molar-refractivity contribution in [3.05, 3.63) is 0 Å². The highest BCUT2D eigenvalue weighted by Crippen LogP contribution is 1.99. The average Bonchev–Trinajstić information content (AvgIpc) is 2.57. The fourth-order valence-corrected chi connectivity index (χ4v) is 2.29. The van der Waals surface area contributed by atoms with Crippen LogP contribution in [0.5, 0.6) is 0 Å². The molecule has 0 saturated heterocycles. The predicted molar refractivity (Wildman–Crippen MR) is 116 cm³/mol. The van der Waals surface area contributed by atoms with Crippen molar-refractivity contribution in [2.75, 3.05) is 53.0 Å². The van der Waals surface area contributed by atoms with Crippen LogP contribution in [0.2, 0.25) is 0 Å². The third-order valence-electron chi connectivity index (χ3n) is 3.74. The standard InChI is InChI=1S/C17H37N5O2.HI/c1-6-18-17(20-14-16(23)19-11-13-24-5)21-15(4)10-9-12-22(7-2)8-3;/h15H,6-14H2,1-5H3,(H,19,23)(H2,18,20,21);1H. The minimum atomic E-state index is -0.0987. The molecule has 0 radical (unpaired) electrons. The summed E-state index contributed by atoms with van der Waals surface area (Å²) in [6.45, 7) is 13.8. The molecule has 0 aromatic carbocycles. The van der Waals surface area contributed by atoms with Crippen molar-refractivity contribution in [1.29, 1.82) is 0 Å². The molecule has 0 heterocycles. The zero-order valence-electron chi connectivity index (χ0n) is 16.6. The van der Waals surface area contributed by atoms with Crippen LogP contribution < -0.4 is 16.0 Å². The normalized spacial score (nSPS) is 12.5. The number of carbonyl (C=O) groups is 1. The number of nitrogens with one attached hydrogen (secondary N) is 3. The van der Waals surface area contributed by atoms with E-state index in [1.807, 2.05) is 6.92 Å². The van der Waals surface area contributed by atoms with Crippen LogP contribution in [-0.4, -0.2) is 75.8 Å². The van der Waals surface area contributed by atoms with Crippen LogP contribution >= 0.6 is 24.0 Å². The first-order valence-electron chi connectivity index (χ1n) is 9.10. The van der Waals surface area contributed by atoms with Crippen LogP contribution in [0.4, 0.5) is 0 Å². The highest BCUT2D eigenvalue weighted by Gasteiger charge is 2.07. The lowest BCUT2D eigenvalue weighted by atomic mass is 10.2. The quantitative estimate of drug-likeness (QED) is 0.164. The molecular formula is C17H38IN5O2. The number of aliphatic imine (C=N–C) groups is 1. The fraction of sp³-hybridized carbons (Fsp3) is 0.882. The second kappa shape index (κ2) is 18.2.